The molecule has 2 rings (SSSR count). The number of sulfonamides is 1. The van der Waals surface area contributed by atoms with E-state index in [1.165, 1.54) is 24.3 Å². The molecular formula is C13H15N3O4S. The molecule has 7 nitrogen and oxygen atoms in total. The molecule has 2 N–H and O–H groups in total. The van der Waals surface area contributed by atoms with E-state index in [1.807, 2.05) is 0 Å². The first kappa shape index (κ1) is 15.2. The summed E-state index contributed by atoms with van der Waals surface area (Å²) in [7, 11) is -3.69. The van der Waals surface area contributed by atoms with Gasteiger partial charge in [0.15, 0.2) is 0 Å². The Bertz CT molecular complexity index is 708. The molecule has 0 unspecified atom stereocenters. The van der Waals surface area contributed by atoms with Gasteiger partial charge in [0.1, 0.15) is 0 Å². The molecule has 112 valence electrons. The summed E-state index contributed by atoms with van der Waals surface area (Å²) in [6.45, 7) is 2.13. The zero-order chi connectivity index (χ0) is 15.5. The molecule has 0 aliphatic rings. The van der Waals surface area contributed by atoms with E-state index in [1.54, 1.807) is 30.1 Å². The quantitative estimate of drug-likeness (QED) is 0.827. The second-order valence-electron chi connectivity index (χ2n) is 4.58. The number of hydrogen-bond donors (Lipinski definition) is 2. The second-order valence-corrected chi connectivity index (χ2v) is 6.29. The highest BCUT2D eigenvalue weighted by Crippen LogP contribution is 2.11. The number of aromatic carboxylic acids is 1. The Balaban J connectivity index is 2.08. The van der Waals surface area contributed by atoms with Crippen LogP contribution in [-0.4, -0.2) is 35.3 Å². The van der Waals surface area contributed by atoms with Crippen LogP contribution in [-0.2, 0) is 16.6 Å². The molecule has 0 radical (unpaired) electrons. The Morgan fingerprint density at radius 1 is 1.38 bits per heavy atom. The average Bonchev–Trinajstić information content (AvgIpc) is 2.90. The zero-order valence-corrected chi connectivity index (χ0v) is 12.1. The van der Waals surface area contributed by atoms with Gasteiger partial charge < -0.3 is 5.11 Å². The third-order valence-electron chi connectivity index (χ3n) is 2.79. The molecule has 0 aliphatic carbocycles. The van der Waals surface area contributed by atoms with Gasteiger partial charge in [-0.15, -0.1) is 0 Å². The van der Waals surface area contributed by atoms with Crippen molar-refractivity contribution < 1.29 is 18.3 Å². The number of carboxylic acids is 1. The van der Waals surface area contributed by atoms with Gasteiger partial charge in [0.2, 0.25) is 10.0 Å². The van der Waals surface area contributed by atoms with Gasteiger partial charge in [0.25, 0.3) is 0 Å². The monoisotopic (exact) mass is 309 g/mol. The fourth-order valence-corrected chi connectivity index (χ4v) is 3.07. The molecule has 1 aromatic carbocycles. The topological polar surface area (TPSA) is 101 Å². The van der Waals surface area contributed by atoms with E-state index >= 15 is 0 Å². The van der Waals surface area contributed by atoms with Crippen LogP contribution in [0.3, 0.4) is 0 Å². The lowest BCUT2D eigenvalue weighted by Crippen LogP contribution is -2.35. The highest BCUT2D eigenvalue weighted by molar-refractivity contribution is 7.89. The lowest BCUT2D eigenvalue weighted by molar-refractivity contribution is 0.0696. The Morgan fingerprint density at radius 3 is 2.57 bits per heavy atom. The van der Waals surface area contributed by atoms with Crippen LogP contribution in [0.4, 0.5) is 0 Å². The van der Waals surface area contributed by atoms with Crippen LogP contribution in [0.2, 0.25) is 0 Å². The summed E-state index contributed by atoms with van der Waals surface area (Å²) in [4.78, 5) is 10.8. The Hall–Kier alpha value is -2.19. The summed E-state index contributed by atoms with van der Waals surface area (Å²) in [5.41, 5.74) is 0.0403. The average molecular weight is 309 g/mol. The molecule has 21 heavy (non-hydrogen) atoms. The van der Waals surface area contributed by atoms with Gasteiger partial charge in [-0.1, -0.05) is 0 Å². The number of hydrogen-bond acceptors (Lipinski definition) is 4. The van der Waals surface area contributed by atoms with E-state index in [4.69, 9.17) is 5.11 Å². The molecule has 0 bridgehead atoms. The molecule has 0 saturated carbocycles. The molecule has 2 aromatic rings. The van der Waals surface area contributed by atoms with E-state index < -0.39 is 16.0 Å². The third-order valence-corrected chi connectivity index (χ3v) is 4.39. The van der Waals surface area contributed by atoms with Gasteiger partial charge in [0.05, 0.1) is 17.0 Å². The number of nitrogens with one attached hydrogen (secondary N) is 1. The van der Waals surface area contributed by atoms with Crippen molar-refractivity contribution in [3.8, 4) is 0 Å². The van der Waals surface area contributed by atoms with Gasteiger partial charge in [-0.05, 0) is 37.3 Å². The number of benzene rings is 1. The molecule has 0 amide bonds. The predicted octanol–water partition coefficient (Wildman–Crippen LogP) is 0.948. The molecule has 8 heteroatoms. The summed E-state index contributed by atoms with van der Waals surface area (Å²) < 4.78 is 28.5. The minimum absolute atomic E-state index is 0.0276. The SMILES string of the molecule is C[C@@H](Cn1cccn1)NS(=O)(=O)c1ccc(C(=O)O)cc1. The highest BCUT2D eigenvalue weighted by atomic mass is 32.2. The lowest BCUT2D eigenvalue weighted by atomic mass is 10.2. The lowest BCUT2D eigenvalue weighted by Gasteiger charge is -2.14. The number of nitrogens with zero attached hydrogens (tertiary/aromatic N) is 2. The molecular weight excluding hydrogens is 294 g/mol. The van der Waals surface area contributed by atoms with Crippen molar-refractivity contribution in [1.29, 1.82) is 0 Å². The van der Waals surface area contributed by atoms with Crippen molar-refractivity contribution in [2.75, 3.05) is 0 Å². The number of carbonyl (C=O) groups is 1. The van der Waals surface area contributed by atoms with Gasteiger partial charge in [-0.25, -0.2) is 17.9 Å². The normalized spacial score (nSPS) is 13.0. The van der Waals surface area contributed by atoms with E-state index in [0.717, 1.165) is 0 Å². The van der Waals surface area contributed by atoms with Crippen molar-refractivity contribution >= 4 is 16.0 Å². The number of carboxylic acid groups (broad SMARTS) is 1. The summed E-state index contributed by atoms with van der Waals surface area (Å²) in [5.74, 6) is -1.10. The van der Waals surface area contributed by atoms with Crippen LogP contribution < -0.4 is 4.72 Å². The minimum atomic E-state index is -3.69. The van der Waals surface area contributed by atoms with E-state index in [0.29, 0.717) is 6.54 Å². The van der Waals surface area contributed by atoms with Crippen LogP contribution in [0.5, 0.6) is 0 Å². The Labute approximate surface area is 122 Å². The number of aromatic nitrogens is 2. The Kier molecular flexibility index (Phi) is 4.39. The number of rotatable bonds is 6. The first-order valence-corrected chi connectivity index (χ1v) is 7.70. The fourth-order valence-electron chi connectivity index (χ4n) is 1.84. The zero-order valence-electron chi connectivity index (χ0n) is 11.3. The van der Waals surface area contributed by atoms with Gasteiger partial charge >= 0.3 is 5.97 Å². The fraction of sp³-hybridized carbons (Fsp3) is 0.231. The second kappa shape index (κ2) is 6.06. The van der Waals surface area contributed by atoms with Gasteiger partial charge in [0, 0.05) is 18.4 Å². The molecule has 1 aromatic heterocycles. The van der Waals surface area contributed by atoms with Crippen LogP contribution in [0.1, 0.15) is 17.3 Å². The maximum Gasteiger partial charge on any atom is 0.335 e. The van der Waals surface area contributed by atoms with Crippen molar-refractivity contribution in [1.82, 2.24) is 14.5 Å². The molecule has 0 saturated heterocycles. The largest absolute Gasteiger partial charge is 0.478 e. The van der Waals surface area contributed by atoms with Crippen molar-refractivity contribution in [3.63, 3.8) is 0 Å². The van der Waals surface area contributed by atoms with Crippen molar-refractivity contribution in [3.05, 3.63) is 48.3 Å². The molecule has 1 heterocycles. The first-order chi connectivity index (χ1) is 9.88. The summed E-state index contributed by atoms with van der Waals surface area (Å²) in [6, 6.07) is 6.46. The highest BCUT2D eigenvalue weighted by Gasteiger charge is 2.18. The van der Waals surface area contributed by atoms with E-state index in [-0.39, 0.29) is 16.5 Å². The summed E-state index contributed by atoms with van der Waals surface area (Å²) in [5, 5.41) is 12.8. The minimum Gasteiger partial charge on any atom is -0.478 e. The third kappa shape index (κ3) is 3.89. The molecule has 0 fully saturated rings. The van der Waals surface area contributed by atoms with Crippen LogP contribution >= 0.6 is 0 Å². The van der Waals surface area contributed by atoms with Crippen LogP contribution in [0.15, 0.2) is 47.6 Å². The molecule has 0 spiro atoms. The van der Waals surface area contributed by atoms with E-state index in [9.17, 15) is 13.2 Å². The van der Waals surface area contributed by atoms with Gasteiger partial charge in [-0.3, -0.25) is 4.68 Å². The summed E-state index contributed by atoms with van der Waals surface area (Å²) >= 11 is 0. The van der Waals surface area contributed by atoms with Crippen LogP contribution in [0, 0.1) is 0 Å². The Morgan fingerprint density at radius 2 is 2.05 bits per heavy atom. The van der Waals surface area contributed by atoms with Gasteiger partial charge in [-0.2, -0.15) is 5.10 Å². The van der Waals surface area contributed by atoms with Crippen molar-refractivity contribution in [2.24, 2.45) is 0 Å². The van der Waals surface area contributed by atoms with E-state index in [2.05, 4.69) is 9.82 Å². The summed E-state index contributed by atoms with van der Waals surface area (Å²) in [6.07, 6.45) is 3.36. The maximum atomic E-state index is 12.2. The van der Waals surface area contributed by atoms with Crippen molar-refractivity contribution in [2.45, 2.75) is 24.4 Å². The standard InChI is InChI=1S/C13H15N3O4S/c1-10(9-16-8-2-7-14-16)15-21(19,20)12-5-3-11(4-6-12)13(17)18/h2-8,10,15H,9H2,1H3,(H,17,18)/t10-/m0/s1. The maximum absolute atomic E-state index is 12.2. The predicted molar refractivity (Wildman–Crippen MR) is 75.4 cm³/mol. The first-order valence-electron chi connectivity index (χ1n) is 6.21. The van der Waals surface area contributed by atoms with Crippen LogP contribution in [0.25, 0.3) is 0 Å². The molecule has 1 atom stereocenters. The molecule has 0 aliphatic heterocycles. The smallest absolute Gasteiger partial charge is 0.335 e.